The third kappa shape index (κ3) is 2.18. The van der Waals surface area contributed by atoms with Crippen molar-refractivity contribution >= 4 is 0 Å². The van der Waals surface area contributed by atoms with Crippen molar-refractivity contribution in [3.8, 4) is 0 Å². The second-order valence-electron chi connectivity index (χ2n) is 3.54. The number of hydrogen-bond donors (Lipinski definition) is 3. The Balaban J connectivity index is 1.93. The molecule has 1 aliphatic heterocycles. The van der Waals surface area contributed by atoms with E-state index in [2.05, 4.69) is 20.5 Å². The van der Waals surface area contributed by atoms with Crippen molar-refractivity contribution in [3.05, 3.63) is 16.3 Å². The van der Waals surface area contributed by atoms with E-state index >= 15 is 0 Å². The second-order valence-corrected chi connectivity index (χ2v) is 3.54. The van der Waals surface area contributed by atoms with Gasteiger partial charge in [0.25, 0.3) is 0 Å². The summed E-state index contributed by atoms with van der Waals surface area (Å²) in [5.41, 5.74) is -0.209. The normalized spacial score (nSPS) is 23.2. The number of rotatable bonds is 2. The molecule has 0 saturated carbocycles. The molecule has 72 valence electrons. The van der Waals surface area contributed by atoms with Crippen molar-refractivity contribution in [1.82, 2.24) is 20.5 Å². The van der Waals surface area contributed by atoms with Gasteiger partial charge in [-0.05, 0) is 31.8 Å². The van der Waals surface area contributed by atoms with Gasteiger partial charge in [-0.3, -0.25) is 4.98 Å². The monoisotopic (exact) mass is 182 g/mol. The van der Waals surface area contributed by atoms with E-state index < -0.39 is 0 Å². The zero-order valence-electron chi connectivity index (χ0n) is 7.47. The van der Waals surface area contributed by atoms with Crippen molar-refractivity contribution in [1.29, 1.82) is 0 Å². The molecule has 1 fully saturated rings. The highest BCUT2D eigenvalue weighted by Crippen LogP contribution is 2.12. The Morgan fingerprint density at radius 3 is 3.08 bits per heavy atom. The van der Waals surface area contributed by atoms with Crippen molar-refractivity contribution < 1.29 is 0 Å². The molecular weight excluding hydrogens is 168 g/mol. The summed E-state index contributed by atoms with van der Waals surface area (Å²) in [6.07, 6.45) is 3.31. The van der Waals surface area contributed by atoms with E-state index in [0.29, 0.717) is 5.92 Å². The van der Waals surface area contributed by atoms with Gasteiger partial charge in [-0.25, -0.2) is 9.89 Å². The molecule has 5 nitrogen and oxygen atoms in total. The van der Waals surface area contributed by atoms with Crippen LogP contribution in [0, 0.1) is 5.92 Å². The van der Waals surface area contributed by atoms with E-state index in [1.54, 1.807) is 0 Å². The van der Waals surface area contributed by atoms with Gasteiger partial charge < -0.3 is 5.32 Å². The fourth-order valence-corrected chi connectivity index (χ4v) is 1.77. The molecule has 3 N–H and O–H groups in total. The van der Waals surface area contributed by atoms with E-state index in [9.17, 15) is 4.79 Å². The number of aromatic amines is 2. The number of aromatic nitrogens is 3. The molecular formula is C8H14N4O. The topological polar surface area (TPSA) is 73.6 Å². The second kappa shape index (κ2) is 3.74. The maximum Gasteiger partial charge on any atom is 0.340 e. The molecule has 1 saturated heterocycles. The van der Waals surface area contributed by atoms with Crippen molar-refractivity contribution in [2.75, 3.05) is 13.1 Å². The zero-order valence-corrected chi connectivity index (χ0v) is 7.47. The summed E-state index contributed by atoms with van der Waals surface area (Å²) < 4.78 is 0. The summed E-state index contributed by atoms with van der Waals surface area (Å²) in [6, 6.07) is 0. The molecule has 0 amide bonds. The van der Waals surface area contributed by atoms with Crippen LogP contribution in [0.25, 0.3) is 0 Å². The minimum absolute atomic E-state index is 0.209. The number of hydrogen-bond acceptors (Lipinski definition) is 3. The summed E-state index contributed by atoms with van der Waals surface area (Å²) in [5, 5.41) is 9.60. The molecule has 1 atom stereocenters. The molecule has 5 heteroatoms. The Morgan fingerprint density at radius 1 is 1.54 bits per heavy atom. The van der Waals surface area contributed by atoms with Crippen molar-refractivity contribution in [2.24, 2.45) is 5.92 Å². The summed E-state index contributed by atoms with van der Waals surface area (Å²) in [6.45, 7) is 2.16. The van der Waals surface area contributed by atoms with E-state index in [4.69, 9.17) is 0 Å². The number of piperidine rings is 1. The Hall–Kier alpha value is -1.10. The maximum atomic E-state index is 10.7. The molecule has 0 aliphatic carbocycles. The van der Waals surface area contributed by atoms with Gasteiger partial charge in [0.2, 0.25) is 0 Å². The first-order valence-corrected chi connectivity index (χ1v) is 4.69. The molecule has 1 aliphatic rings. The predicted octanol–water partition coefficient (Wildman–Crippen LogP) is -0.360. The highest BCUT2D eigenvalue weighted by molar-refractivity contribution is 4.85. The van der Waals surface area contributed by atoms with Gasteiger partial charge in [-0.1, -0.05) is 0 Å². The quantitative estimate of drug-likeness (QED) is 0.584. The summed E-state index contributed by atoms with van der Waals surface area (Å²) in [7, 11) is 0. The number of H-pyrrole nitrogens is 2. The smallest absolute Gasteiger partial charge is 0.316 e. The van der Waals surface area contributed by atoms with Crippen LogP contribution in [0.3, 0.4) is 0 Å². The van der Waals surface area contributed by atoms with E-state index in [-0.39, 0.29) is 5.69 Å². The van der Waals surface area contributed by atoms with Gasteiger partial charge in [0.1, 0.15) is 5.82 Å². The van der Waals surface area contributed by atoms with Crippen molar-refractivity contribution in [2.45, 2.75) is 19.3 Å². The fraction of sp³-hybridized carbons (Fsp3) is 0.750. The lowest BCUT2D eigenvalue weighted by molar-refractivity contribution is 0.371. The number of nitrogens with zero attached hydrogens (tertiary/aromatic N) is 1. The van der Waals surface area contributed by atoms with E-state index in [1.165, 1.54) is 12.8 Å². The molecule has 13 heavy (non-hydrogen) atoms. The van der Waals surface area contributed by atoms with Gasteiger partial charge in [-0.15, -0.1) is 0 Å². The standard InChI is InChI=1S/C8H14N4O/c13-8-10-7(11-12-8)4-6-2-1-3-9-5-6/h6,9H,1-5H2,(H2,10,11,12,13). The van der Waals surface area contributed by atoms with Crippen LogP contribution in [0.4, 0.5) is 0 Å². The molecule has 1 aromatic rings. The Labute approximate surface area is 75.9 Å². The third-order valence-corrected chi connectivity index (χ3v) is 2.43. The van der Waals surface area contributed by atoms with Crippen LogP contribution in [-0.4, -0.2) is 28.3 Å². The van der Waals surface area contributed by atoms with Crippen LogP contribution in [0.5, 0.6) is 0 Å². The van der Waals surface area contributed by atoms with Crippen LogP contribution in [-0.2, 0) is 6.42 Å². The minimum atomic E-state index is -0.209. The molecule has 0 bridgehead atoms. The van der Waals surface area contributed by atoms with Gasteiger partial charge in [0.05, 0.1) is 0 Å². The average molecular weight is 182 g/mol. The molecule has 0 spiro atoms. The molecule has 1 aromatic heterocycles. The first kappa shape index (κ1) is 8.50. The fourth-order valence-electron chi connectivity index (χ4n) is 1.77. The highest BCUT2D eigenvalue weighted by atomic mass is 16.1. The molecule has 0 radical (unpaired) electrons. The minimum Gasteiger partial charge on any atom is -0.316 e. The van der Waals surface area contributed by atoms with Gasteiger partial charge in [0, 0.05) is 6.42 Å². The van der Waals surface area contributed by atoms with E-state index in [1.807, 2.05) is 0 Å². The summed E-state index contributed by atoms with van der Waals surface area (Å²) in [4.78, 5) is 13.4. The first-order chi connectivity index (χ1) is 6.34. The van der Waals surface area contributed by atoms with E-state index in [0.717, 1.165) is 25.3 Å². The molecule has 2 heterocycles. The van der Waals surface area contributed by atoms with Gasteiger partial charge in [-0.2, -0.15) is 5.10 Å². The predicted molar refractivity (Wildman–Crippen MR) is 48.5 cm³/mol. The zero-order chi connectivity index (χ0) is 9.10. The van der Waals surface area contributed by atoms with Crippen LogP contribution >= 0.6 is 0 Å². The van der Waals surface area contributed by atoms with Crippen LogP contribution < -0.4 is 11.0 Å². The van der Waals surface area contributed by atoms with Gasteiger partial charge in [0.15, 0.2) is 0 Å². The lowest BCUT2D eigenvalue weighted by atomic mass is 9.96. The molecule has 0 aromatic carbocycles. The Morgan fingerprint density at radius 2 is 2.46 bits per heavy atom. The highest BCUT2D eigenvalue weighted by Gasteiger charge is 2.14. The Kier molecular flexibility index (Phi) is 2.44. The average Bonchev–Trinajstić information content (AvgIpc) is 2.53. The lowest BCUT2D eigenvalue weighted by Crippen LogP contribution is -2.31. The van der Waals surface area contributed by atoms with Crippen molar-refractivity contribution in [3.63, 3.8) is 0 Å². The van der Waals surface area contributed by atoms with Gasteiger partial charge >= 0.3 is 5.69 Å². The molecule has 2 rings (SSSR count). The third-order valence-electron chi connectivity index (χ3n) is 2.43. The summed E-state index contributed by atoms with van der Waals surface area (Å²) in [5.74, 6) is 1.39. The number of nitrogens with one attached hydrogen (secondary N) is 3. The Bertz CT molecular complexity index is 310. The van der Waals surface area contributed by atoms with Crippen LogP contribution in [0.15, 0.2) is 4.79 Å². The van der Waals surface area contributed by atoms with Crippen LogP contribution in [0.2, 0.25) is 0 Å². The first-order valence-electron chi connectivity index (χ1n) is 4.69. The maximum absolute atomic E-state index is 10.7. The SMILES string of the molecule is O=c1[nH]nc(CC2CCCNC2)[nH]1. The largest absolute Gasteiger partial charge is 0.340 e. The molecule has 1 unspecified atom stereocenters. The lowest BCUT2D eigenvalue weighted by Gasteiger charge is -2.21. The summed E-state index contributed by atoms with van der Waals surface area (Å²) >= 11 is 0. The van der Waals surface area contributed by atoms with Crippen LogP contribution in [0.1, 0.15) is 18.7 Å².